The topological polar surface area (TPSA) is 35.5 Å². The molecule has 1 aromatic rings. The zero-order valence-corrected chi connectivity index (χ0v) is 11.5. The monoisotopic (exact) mass is 260 g/mol. The Bertz CT molecular complexity index is 354. The molecule has 0 amide bonds. The SMILES string of the molecule is CCOP(=O)(OCC)Sc1ccc(C)cc1. The van der Waals surface area contributed by atoms with Gasteiger partial charge in [0, 0.05) is 4.90 Å². The lowest BCUT2D eigenvalue weighted by Crippen LogP contribution is -1.92. The molecule has 1 aromatic carbocycles. The summed E-state index contributed by atoms with van der Waals surface area (Å²) >= 11 is 1.16. The third-order valence-electron chi connectivity index (χ3n) is 1.81. The fourth-order valence-corrected chi connectivity index (χ4v) is 4.55. The Morgan fingerprint density at radius 3 is 2.06 bits per heavy atom. The molecule has 3 nitrogen and oxygen atoms in total. The second-order valence-electron chi connectivity index (χ2n) is 3.19. The van der Waals surface area contributed by atoms with Gasteiger partial charge >= 0.3 is 6.80 Å². The first-order valence-corrected chi connectivity index (χ1v) is 8.21. The van der Waals surface area contributed by atoms with E-state index in [1.54, 1.807) is 13.8 Å². The summed E-state index contributed by atoms with van der Waals surface area (Å²) in [5, 5.41) is 0. The molecule has 1 rings (SSSR count). The van der Waals surface area contributed by atoms with Crippen LogP contribution in [-0.4, -0.2) is 13.2 Å². The van der Waals surface area contributed by atoms with Gasteiger partial charge in [0.05, 0.1) is 13.2 Å². The van der Waals surface area contributed by atoms with Gasteiger partial charge in [-0.15, -0.1) is 0 Å². The van der Waals surface area contributed by atoms with Gasteiger partial charge in [-0.05, 0) is 44.3 Å². The van der Waals surface area contributed by atoms with Crippen molar-refractivity contribution in [2.75, 3.05) is 13.2 Å². The highest BCUT2D eigenvalue weighted by Crippen LogP contribution is 2.63. The molecule has 0 aliphatic rings. The van der Waals surface area contributed by atoms with Crippen LogP contribution in [0, 0.1) is 6.92 Å². The van der Waals surface area contributed by atoms with E-state index in [1.165, 1.54) is 5.56 Å². The van der Waals surface area contributed by atoms with Gasteiger partial charge < -0.3 is 9.05 Å². The van der Waals surface area contributed by atoms with Gasteiger partial charge in [0.2, 0.25) is 0 Å². The summed E-state index contributed by atoms with van der Waals surface area (Å²) in [6.07, 6.45) is 0. The summed E-state index contributed by atoms with van der Waals surface area (Å²) in [4.78, 5) is 0.899. The number of benzene rings is 1. The van der Waals surface area contributed by atoms with Crippen LogP contribution >= 0.6 is 18.2 Å². The van der Waals surface area contributed by atoms with E-state index >= 15 is 0 Å². The molecule has 0 fully saturated rings. The second-order valence-corrected chi connectivity index (χ2v) is 7.14. The summed E-state index contributed by atoms with van der Waals surface area (Å²) in [5.41, 5.74) is 1.17. The maximum Gasteiger partial charge on any atom is 0.393 e. The molecule has 0 heterocycles. The zero-order chi connectivity index (χ0) is 12.0. The van der Waals surface area contributed by atoms with Crippen molar-refractivity contribution in [3.63, 3.8) is 0 Å². The van der Waals surface area contributed by atoms with Crippen molar-refractivity contribution in [3.8, 4) is 0 Å². The Labute approximate surface area is 101 Å². The Morgan fingerprint density at radius 1 is 1.12 bits per heavy atom. The molecule has 0 bridgehead atoms. The summed E-state index contributed by atoms with van der Waals surface area (Å²) < 4.78 is 22.6. The van der Waals surface area contributed by atoms with Gasteiger partial charge in [-0.25, -0.2) is 4.57 Å². The molecule has 5 heteroatoms. The van der Waals surface area contributed by atoms with E-state index in [-0.39, 0.29) is 0 Å². The van der Waals surface area contributed by atoms with Gasteiger partial charge in [0.25, 0.3) is 0 Å². The Balaban J connectivity index is 2.75. The first-order chi connectivity index (χ1) is 7.59. The Hall–Kier alpha value is -0.280. The van der Waals surface area contributed by atoms with Crippen LogP contribution in [-0.2, 0) is 13.6 Å². The molecule has 16 heavy (non-hydrogen) atoms. The van der Waals surface area contributed by atoms with Crippen LogP contribution in [0.3, 0.4) is 0 Å². The van der Waals surface area contributed by atoms with E-state index in [1.807, 2.05) is 31.2 Å². The molecule has 90 valence electrons. The molecule has 0 aliphatic heterocycles. The minimum atomic E-state index is -3.04. The molecule has 0 atom stereocenters. The summed E-state index contributed by atoms with van der Waals surface area (Å²) in [6, 6.07) is 7.80. The van der Waals surface area contributed by atoms with Crippen LogP contribution in [0.1, 0.15) is 19.4 Å². The third kappa shape index (κ3) is 4.30. The van der Waals surface area contributed by atoms with E-state index in [0.29, 0.717) is 13.2 Å². The summed E-state index contributed by atoms with van der Waals surface area (Å²) in [6.45, 7) is 3.36. The highest BCUT2D eigenvalue weighted by molar-refractivity contribution is 8.55. The standard InChI is InChI=1S/C11H17O3PS/c1-4-13-15(12,14-5-2)16-11-8-6-10(3)7-9-11/h6-9H,4-5H2,1-3H3. The van der Waals surface area contributed by atoms with Crippen LogP contribution in [0.15, 0.2) is 29.2 Å². The Kier molecular flexibility index (Phi) is 5.56. The minimum absolute atomic E-state index is 0.385. The number of hydrogen-bond donors (Lipinski definition) is 0. The van der Waals surface area contributed by atoms with Crippen LogP contribution in [0.4, 0.5) is 0 Å². The molecule has 0 aromatic heterocycles. The lowest BCUT2D eigenvalue weighted by Gasteiger charge is -2.15. The third-order valence-corrected chi connectivity index (χ3v) is 5.60. The second kappa shape index (κ2) is 6.45. The molecule has 0 saturated carbocycles. The molecule has 0 saturated heterocycles. The first kappa shape index (κ1) is 13.8. The van der Waals surface area contributed by atoms with Gasteiger partial charge in [-0.1, -0.05) is 17.7 Å². The number of hydrogen-bond acceptors (Lipinski definition) is 4. The van der Waals surface area contributed by atoms with Crippen molar-refractivity contribution in [2.24, 2.45) is 0 Å². The molecule has 0 spiro atoms. The van der Waals surface area contributed by atoms with Crippen molar-refractivity contribution in [1.29, 1.82) is 0 Å². The van der Waals surface area contributed by atoms with Crippen LogP contribution in [0.25, 0.3) is 0 Å². The first-order valence-electron chi connectivity index (χ1n) is 5.25. The number of rotatable bonds is 6. The summed E-state index contributed by atoms with van der Waals surface area (Å²) in [7, 11) is 0. The van der Waals surface area contributed by atoms with Crippen molar-refractivity contribution in [1.82, 2.24) is 0 Å². The maximum absolute atomic E-state index is 12.2. The highest BCUT2D eigenvalue weighted by Gasteiger charge is 2.25. The van der Waals surface area contributed by atoms with E-state index in [9.17, 15) is 4.57 Å². The van der Waals surface area contributed by atoms with Gasteiger partial charge in [0.1, 0.15) is 0 Å². The van der Waals surface area contributed by atoms with Crippen LogP contribution < -0.4 is 0 Å². The molecule has 0 radical (unpaired) electrons. The quantitative estimate of drug-likeness (QED) is 0.715. The Morgan fingerprint density at radius 2 is 1.62 bits per heavy atom. The fraction of sp³-hybridized carbons (Fsp3) is 0.455. The molecular formula is C11H17O3PS. The summed E-state index contributed by atoms with van der Waals surface area (Å²) in [5.74, 6) is 0. The smallest absolute Gasteiger partial charge is 0.301 e. The minimum Gasteiger partial charge on any atom is -0.301 e. The zero-order valence-electron chi connectivity index (χ0n) is 9.80. The van der Waals surface area contributed by atoms with E-state index in [2.05, 4.69) is 0 Å². The molecular weight excluding hydrogens is 243 g/mol. The van der Waals surface area contributed by atoms with Crippen molar-refractivity contribution < 1.29 is 13.6 Å². The van der Waals surface area contributed by atoms with Gasteiger partial charge in [-0.3, -0.25) is 0 Å². The largest absolute Gasteiger partial charge is 0.393 e. The number of aryl methyl sites for hydroxylation is 1. The van der Waals surface area contributed by atoms with Gasteiger partial charge in [-0.2, -0.15) is 0 Å². The van der Waals surface area contributed by atoms with E-state index in [0.717, 1.165) is 16.3 Å². The maximum atomic E-state index is 12.2. The predicted octanol–water partition coefficient (Wildman–Crippen LogP) is 4.27. The van der Waals surface area contributed by atoms with Crippen molar-refractivity contribution in [3.05, 3.63) is 29.8 Å². The average Bonchev–Trinajstić information content (AvgIpc) is 2.22. The normalized spacial score (nSPS) is 11.7. The molecule has 0 unspecified atom stereocenters. The van der Waals surface area contributed by atoms with Crippen molar-refractivity contribution in [2.45, 2.75) is 25.7 Å². The predicted molar refractivity (Wildman–Crippen MR) is 67.9 cm³/mol. The van der Waals surface area contributed by atoms with Crippen molar-refractivity contribution >= 4 is 18.2 Å². The van der Waals surface area contributed by atoms with Crippen LogP contribution in [0.2, 0.25) is 0 Å². The fourth-order valence-electron chi connectivity index (χ4n) is 1.13. The lowest BCUT2D eigenvalue weighted by atomic mass is 10.2. The molecule has 0 aliphatic carbocycles. The van der Waals surface area contributed by atoms with Gasteiger partial charge in [0.15, 0.2) is 0 Å². The molecule has 0 N–H and O–H groups in total. The van der Waals surface area contributed by atoms with E-state index in [4.69, 9.17) is 9.05 Å². The average molecular weight is 260 g/mol. The highest BCUT2D eigenvalue weighted by atomic mass is 32.7. The lowest BCUT2D eigenvalue weighted by molar-refractivity contribution is 0.237. The van der Waals surface area contributed by atoms with E-state index < -0.39 is 6.80 Å². The van der Waals surface area contributed by atoms with Crippen LogP contribution in [0.5, 0.6) is 0 Å².